The van der Waals surface area contributed by atoms with E-state index in [0.29, 0.717) is 12.5 Å². The van der Waals surface area contributed by atoms with Crippen molar-refractivity contribution in [1.82, 2.24) is 0 Å². The van der Waals surface area contributed by atoms with E-state index in [1.165, 1.54) is 0 Å². The van der Waals surface area contributed by atoms with Gasteiger partial charge in [-0.05, 0) is 90.9 Å². The average Bonchev–Trinajstić information content (AvgIpc) is 2.54. The molecule has 202 valence electrons. The molecule has 0 aromatic rings. The van der Waals surface area contributed by atoms with Crippen molar-refractivity contribution in [1.29, 1.82) is 0 Å². The summed E-state index contributed by atoms with van der Waals surface area (Å²) in [7, 11) is -8.31. The maximum atomic E-state index is 13.4. The van der Waals surface area contributed by atoms with Crippen LogP contribution in [0.15, 0.2) is 0 Å². The molecule has 1 aliphatic rings. The second-order valence-corrected chi connectivity index (χ2v) is 31.4. The molecule has 0 aromatic heterocycles. The van der Waals surface area contributed by atoms with Gasteiger partial charge in [0.15, 0.2) is 37.3 Å². The summed E-state index contributed by atoms with van der Waals surface area (Å²) in [5.41, 5.74) is 0. The fourth-order valence-corrected chi connectivity index (χ4v) is 7.47. The normalized spacial score (nSPS) is 27.2. The molecule has 0 radical (unpaired) electrons. The first-order valence-corrected chi connectivity index (χ1v) is 26.2. The molecule has 1 fully saturated rings. The van der Waals surface area contributed by atoms with Crippen LogP contribution < -0.4 is 0 Å². The third kappa shape index (κ3) is 12.4. The van der Waals surface area contributed by atoms with Gasteiger partial charge in [-0.1, -0.05) is 13.8 Å². The summed E-state index contributed by atoms with van der Waals surface area (Å²) in [5.74, 6) is 0.0973. The van der Waals surface area contributed by atoms with E-state index < -0.39 is 69.9 Å². The highest BCUT2D eigenvalue weighted by Gasteiger charge is 2.54. The van der Waals surface area contributed by atoms with E-state index in [1.54, 1.807) is 0 Å². The quantitative estimate of drug-likeness (QED) is 0.283. The molecular formula is C23H52O7Si4. The van der Waals surface area contributed by atoms with Gasteiger partial charge in [-0.25, -0.2) is 0 Å². The first kappa shape index (κ1) is 32.2. The SMILES string of the molecule is CC(C)CCOC1OC(C(=O)O[Si](C)(C)C)C(O[Si](C)(C)C)C(O[Si](C)(C)C)C1O[Si](C)(C)C. The smallest absolute Gasteiger partial charge is 0.324 e. The fraction of sp³-hybridized carbons (Fsp3) is 0.957. The van der Waals surface area contributed by atoms with Gasteiger partial charge in [-0.2, -0.15) is 0 Å². The largest absolute Gasteiger partial charge is 0.518 e. The molecule has 0 spiro atoms. The van der Waals surface area contributed by atoms with Gasteiger partial charge in [0.2, 0.25) is 8.32 Å². The molecule has 1 saturated heterocycles. The van der Waals surface area contributed by atoms with Crippen molar-refractivity contribution >= 4 is 39.2 Å². The third-order valence-corrected chi connectivity index (χ3v) is 8.33. The summed E-state index contributed by atoms with van der Waals surface area (Å²) in [6.45, 7) is 30.0. The summed E-state index contributed by atoms with van der Waals surface area (Å²) >= 11 is 0. The Bertz CT molecular complexity index is 648. The van der Waals surface area contributed by atoms with Crippen LogP contribution >= 0.6 is 0 Å². The lowest BCUT2D eigenvalue weighted by atomic mass is 9.99. The minimum absolute atomic E-state index is 0.393. The van der Waals surface area contributed by atoms with Gasteiger partial charge in [-0.3, -0.25) is 4.79 Å². The Morgan fingerprint density at radius 2 is 1.15 bits per heavy atom. The van der Waals surface area contributed by atoms with Crippen molar-refractivity contribution in [3.05, 3.63) is 0 Å². The minimum Gasteiger partial charge on any atom is -0.518 e. The number of hydrogen-bond donors (Lipinski definition) is 0. The molecule has 11 heteroatoms. The van der Waals surface area contributed by atoms with Crippen molar-refractivity contribution < 1.29 is 32.0 Å². The molecule has 5 unspecified atom stereocenters. The Kier molecular flexibility index (Phi) is 11.5. The predicted octanol–water partition coefficient (Wildman–Crippen LogP) is 5.81. The number of rotatable bonds is 12. The van der Waals surface area contributed by atoms with Crippen LogP contribution in [-0.2, 0) is 32.0 Å². The highest BCUT2D eigenvalue weighted by atomic mass is 28.4. The zero-order chi connectivity index (χ0) is 26.7. The first-order chi connectivity index (χ1) is 15.1. The Hall–Kier alpha value is 0.138. The molecule has 5 atom stereocenters. The molecule has 0 N–H and O–H groups in total. The molecule has 7 nitrogen and oxygen atoms in total. The van der Waals surface area contributed by atoms with E-state index in [9.17, 15) is 4.79 Å². The fourth-order valence-electron chi connectivity index (χ4n) is 3.53. The summed E-state index contributed by atoms with van der Waals surface area (Å²) in [5, 5.41) is 0. The minimum atomic E-state index is -2.15. The maximum absolute atomic E-state index is 13.4. The zero-order valence-electron chi connectivity index (χ0n) is 24.2. The van der Waals surface area contributed by atoms with E-state index in [-0.39, 0.29) is 0 Å². The number of ether oxygens (including phenoxy) is 2. The number of hydrogen-bond acceptors (Lipinski definition) is 7. The highest BCUT2D eigenvalue weighted by molar-refractivity contribution is 6.71. The van der Waals surface area contributed by atoms with Gasteiger partial charge in [0.05, 0.1) is 6.61 Å². The molecule has 0 bridgehead atoms. The van der Waals surface area contributed by atoms with Crippen LogP contribution in [0.2, 0.25) is 78.6 Å². The summed E-state index contributed by atoms with van der Waals surface area (Å²) in [6, 6.07) is 0. The monoisotopic (exact) mass is 552 g/mol. The standard InChI is InChI=1S/C23H52O7Si4/c1-17(2)15-16-25-23-21(29-33(9,10)11)19(28-32(6,7)8)18(27-31(3,4)5)20(26-23)22(24)30-34(12,13)14/h17-21,23H,15-16H2,1-14H3. The summed E-state index contributed by atoms with van der Waals surface area (Å²) in [4.78, 5) is 13.4. The van der Waals surface area contributed by atoms with E-state index in [0.717, 1.165) is 6.42 Å². The van der Waals surface area contributed by atoms with Crippen molar-refractivity contribution in [3.8, 4) is 0 Å². The Morgan fingerprint density at radius 3 is 1.56 bits per heavy atom. The first-order valence-electron chi connectivity index (χ1n) is 12.6. The van der Waals surface area contributed by atoms with Crippen molar-refractivity contribution in [2.75, 3.05) is 6.61 Å². The lowest BCUT2D eigenvalue weighted by Gasteiger charge is -2.50. The lowest BCUT2D eigenvalue weighted by molar-refractivity contribution is -0.284. The highest BCUT2D eigenvalue weighted by Crippen LogP contribution is 2.35. The number of carbonyl (C=O) groups excluding carboxylic acids is 1. The molecule has 34 heavy (non-hydrogen) atoms. The molecule has 0 saturated carbocycles. The van der Waals surface area contributed by atoms with Crippen LogP contribution in [0.1, 0.15) is 20.3 Å². The second kappa shape index (κ2) is 12.1. The van der Waals surface area contributed by atoms with Crippen LogP contribution in [0, 0.1) is 5.92 Å². The van der Waals surface area contributed by atoms with Crippen molar-refractivity contribution in [2.24, 2.45) is 5.92 Å². The van der Waals surface area contributed by atoms with Gasteiger partial charge in [0.1, 0.15) is 18.3 Å². The van der Waals surface area contributed by atoms with E-state index in [4.69, 9.17) is 27.2 Å². The van der Waals surface area contributed by atoms with Gasteiger partial charge < -0.3 is 27.2 Å². The lowest BCUT2D eigenvalue weighted by Crippen LogP contribution is -2.67. The number of carbonyl (C=O) groups is 1. The van der Waals surface area contributed by atoms with Crippen LogP contribution in [0.5, 0.6) is 0 Å². The molecule has 1 aliphatic heterocycles. The van der Waals surface area contributed by atoms with Crippen LogP contribution in [0.25, 0.3) is 0 Å². The topological polar surface area (TPSA) is 72.5 Å². The maximum Gasteiger partial charge on any atom is 0.324 e. The van der Waals surface area contributed by atoms with Gasteiger partial charge in [0, 0.05) is 0 Å². The molecule has 0 aromatic carbocycles. The van der Waals surface area contributed by atoms with E-state index in [1.807, 2.05) is 19.6 Å². The summed E-state index contributed by atoms with van der Waals surface area (Å²) < 4.78 is 38.6. The van der Waals surface area contributed by atoms with Gasteiger partial charge in [0.25, 0.3) is 0 Å². The molecule has 0 amide bonds. The average molecular weight is 553 g/mol. The van der Waals surface area contributed by atoms with Crippen molar-refractivity contribution in [2.45, 2.75) is 130 Å². The molecule has 0 aliphatic carbocycles. The van der Waals surface area contributed by atoms with Crippen molar-refractivity contribution in [3.63, 3.8) is 0 Å². The van der Waals surface area contributed by atoms with Gasteiger partial charge in [-0.15, -0.1) is 0 Å². The summed E-state index contributed by atoms with van der Waals surface area (Å²) in [6.07, 6.45) is -2.35. The molecule has 1 rings (SSSR count). The van der Waals surface area contributed by atoms with Crippen LogP contribution in [-0.4, -0.2) is 76.6 Å². The van der Waals surface area contributed by atoms with E-state index in [2.05, 4.69) is 72.8 Å². The van der Waals surface area contributed by atoms with Crippen LogP contribution in [0.4, 0.5) is 0 Å². The molecule has 1 heterocycles. The predicted molar refractivity (Wildman–Crippen MR) is 148 cm³/mol. The Balaban J connectivity index is 3.52. The Labute approximate surface area is 213 Å². The second-order valence-electron chi connectivity index (χ2n) is 13.6. The Morgan fingerprint density at radius 1 is 0.706 bits per heavy atom. The van der Waals surface area contributed by atoms with E-state index >= 15 is 0 Å². The van der Waals surface area contributed by atoms with Crippen LogP contribution in [0.3, 0.4) is 0 Å². The third-order valence-electron chi connectivity index (χ3n) is 4.58. The molecular weight excluding hydrogens is 501 g/mol. The van der Waals surface area contributed by atoms with Gasteiger partial charge >= 0.3 is 5.97 Å². The zero-order valence-corrected chi connectivity index (χ0v) is 28.2.